The van der Waals surface area contributed by atoms with Crippen LogP contribution in [0.1, 0.15) is 66.2 Å². The number of esters is 1. The lowest BCUT2D eigenvalue weighted by Gasteiger charge is -2.43. The molecule has 0 N–H and O–H groups in total. The molecule has 2 rings (SSSR count). The fourth-order valence-electron chi connectivity index (χ4n) is 6.48. The highest BCUT2D eigenvalue weighted by Crippen LogP contribution is 2.36. The van der Waals surface area contributed by atoms with Crippen molar-refractivity contribution < 1.29 is 66.1 Å². The predicted octanol–water partition coefficient (Wildman–Crippen LogP) is 5.65. The van der Waals surface area contributed by atoms with Crippen LogP contribution >= 0.6 is 0 Å². The summed E-state index contributed by atoms with van der Waals surface area (Å²) in [5.74, 6) is -0.149. The van der Waals surface area contributed by atoms with E-state index in [-0.39, 0.29) is 17.6 Å². The van der Waals surface area contributed by atoms with Gasteiger partial charge < -0.3 is 61.3 Å². The predicted molar refractivity (Wildman–Crippen MR) is 247 cm³/mol. The Morgan fingerprint density at radius 3 is 0.984 bits per heavy atom. The summed E-state index contributed by atoms with van der Waals surface area (Å²) < 4.78 is 73.2. The highest BCUT2D eigenvalue weighted by molar-refractivity contribution is 6.99. The maximum Gasteiger partial charge on any atom is 0.305 e. The first-order valence-corrected chi connectivity index (χ1v) is 25.1. The average molecular weight is 911 g/mol. The van der Waals surface area contributed by atoms with Crippen molar-refractivity contribution in [1.82, 2.24) is 0 Å². The van der Waals surface area contributed by atoms with E-state index in [1.54, 1.807) is 0 Å². The average Bonchev–Trinajstić information content (AvgIpc) is 3.28. The number of unbranched alkanes of at least 4 members (excludes halogenated alkanes) is 4. The first-order valence-electron chi connectivity index (χ1n) is 23.2. The Bertz CT molecular complexity index is 1250. The van der Waals surface area contributed by atoms with E-state index in [0.29, 0.717) is 158 Å². The maximum atomic E-state index is 11.7. The molecule has 63 heavy (non-hydrogen) atoms. The van der Waals surface area contributed by atoms with Crippen molar-refractivity contribution in [3.63, 3.8) is 0 Å². The lowest BCUT2D eigenvalue weighted by Crippen LogP contribution is -2.66. The van der Waals surface area contributed by atoms with Crippen LogP contribution in [0.5, 0.6) is 0 Å². The molecule has 362 valence electrons. The molecule has 0 unspecified atom stereocenters. The molecule has 15 heteroatoms. The van der Waals surface area contributed by atoms with Crippen LogP contribution in [0.4, 0.5) is 0 Å². The van der Waals surface area contributed by atoms with Gasteiger partial charge in [0.25, 0.3) is 8.32 Å². The number of benzene rings is 2. The summed E-state index contributed by atoms with van der Waals surface area (Å²) in [6.07, 6.45) is 6.06. The minimum absolute atomic E-state index is 0.0617. The van der Waals surface area contributed by atoms with Crippen molar-refractivity contribution in [2.75, 3.05) is 159 Å². The van der Waals surface area contributed by atoms with Gasteiger partial charge in [0.2, 0.25) is 0 Å². The zero-order valence-corrected chi connectivity index (χ0v) is 40.2. The van der Waals surface area contributed by atoms with Gasteiger partial charge in [-0.3, -0.25) is 4.79 Å². The number of ether oxygens (including phenoxy) is 12. The van der Waals surface area contributed by atoms with E-state index in [4.69, 9.17) is 61.3 Å². The first kappa shape index (κ1) is 56.8. The zero-order chi connectivity index (χ0) is 45.2. The third-order valence-corrected chi connectivity index (χ3v) is 14.7. The van der Waals surface area contributed by atoms with Crippen LogP contribution in [0.3, 0.4) is 0 Å². The number of carbonyl (C=O) groups excluding carboxylic acids is 1. The van der Waals surface area contributed by atoms with E-state index in [2.05, 4.69) is 88.4 Å². The molecule has 0 amide bonds. The first-order chi connectivity index (χ1) is 30.9. The highest BCUT2D eigenvalue weighted by atomic mass is 28.4. The van der Waals surface area contributed by atoms with Crippen molar-refractivity contribution in [2.24, 2.45) is 0 Å². The van der Waals surface area contributed by atoms with E-state index in [1.807, 2.05) is 0 Å². The van der Waals surface area contributed by atoms with Crippen LogP contribution in [0.15, 0.2) is 60.7 Å². The second-order valence-electron chi connectivity index (χ2n) is 15.6. The molecule has 0 radical (unpaired) electrons. The Hall–Kier alpha value is -2.35. The van der Waals surface area contributed by atoms with E-state index in [9.17, 15) is 4.79 Å². The Kier molecular flexibility index (Phi) is 36.0. The molecule has 0 spiro atoms. The molecule has 2 aromatic carbocycles. The molecule has 0 atom stereocenters. The van der Waals surface area contributed by atoms with Gasteiger partial charge in [0.15, 0.2) is 0 Å². The molecule has 0 heterocycles. The third kappa shape index (κ3) is 29.0. The molecule has 0 saturated heterocycles. The van der Waals surface area contributed by atoms with Gasteiger partial charge in [0.05, 0.1) is 152 Å². The van der Waals surface area contributed by atoms with E-state index in [1.165, 1.54) is 29.6 Å². The second-order valence-corrected chi connectivity index (χ2v) is 19.9. The van der Waals surface area contributed by atoms with Gasteiger partial charge in [-0.2, -0.15) is 0 Å². The van der Waals surface area contributed by atoms with Crippen LogP contribution in [0, 0.1) is 0 Å². The number of rotatable bonds is 45. The summed E-state index contributed by atoms with van der Waals surface area (Å²) in [6.45, 7) is 20.5. The van der Waals surface area contributed by atoms with Crippen LogP contribution in [-0.4, -0.2) is 173 Å². The molecule has 0 saturated carbocycles. The normalized spacial score (nSPS) is 12.0. The molecule has 0 fully saturated rings. The topological polar surface area (TPSA) is 137 Å². The van der Waals surface area contributed by atoms with E-state index < -0.39 is 8.32 Å². The lowest BCUT2D eigenvalue weighted by atomic mass is 10.1. The maximum absolute atomic E-state index is 11.7. The van der Waals surface area contributed by atoms with Crippen molar-refractivity contribution in [1.29, 1.82) is 0 Å². The Labute approximate surface area is 380 Å². The summed E-state index contributed by atoms with van der Waals surface area (Å²) in [5, 5.41) is 2.47. The van der Waals surface area contributed by atoms with Gasteiger partial charge in [-0.05, 0) is 21.8 Å². The fourth-order valence-corrected chi connectivity index (χ4v) is 11.0. The standard InChI is InChI=1S/C48H82O14Si/c1-5-6-7-8-15-20-47(49)61-43-41-59-39-37-57-35-33-55-31-29-53-27-25-51-23-21-50-22-24-52-26-28-54-30-32-56-34-36-58-38-40-60-42-44-62-63(48(2,3)4,45-16-11-9-12-17-45)46-18-13-10-14-19-46/h9-14,16-19H,5-8,15,20-44H2,1-4H3. The third-order valence-electron chi connectivity index (χ3n) is 9.66. The van der Waals surface area contributed by atoms with Crippen LogP contribution in [0.2, 0.25) is 5.04 Å². The monoisotopic (exact) mass is 911 g/mol. The largest absolute Gasteiger partial charge is 0.463 e. The number of carbonyl (C=O) groups is 1. The summed E-state index contributed by atoms with van der Waals surface area (Å²) in [7, 11) is -2.55. The molecular weight excluding hydrogens is 829 g/mol. The van der Waals surface area contributed by atoms with Crippen LogP contribution in [0.25, 0.3) is 0 Å². The summed E-state index contributed by atoms with van der Waals surface area (Å²) in [6, 6.07) is 21.3. The van der Waals surface area contributed by atoms with Crippen molar-refractivity contribution in [2.45, 2.75) is 71.3 Å². The Morgan fingerprint density at radius 2 is 0.683 bits per heavy atom. The molecule has 14 nitrogen and oxygen atoms in total. The molecule has 2 aromatic rings. The van der Waals surface area contributed by atoms with Crippen molar-refractivity contribution in [3.8, 4) is 0 Å². The smallest absolute Gasteiger partial charge is 0.305 e. The van der Waals surface area contributed by atoms with Crippen LogP contribution in [-0.2, 0) is 66.1 Å². The number of hydrogen-bond donors (Lipinski definition) is 0. The second kappa shape index (κ2) is 40.0. The minimum atomic E-state index is -2.55. The summed E-state index contributed by atoms with van der Waals surface area (Å²) in [4.78, 5) is 11.7. The molecule has 0 aliphatic carbocycles. The lowest BCUT2D eigenvalue weighted by molar-refractivity contribution is -0.145. The Morgan fingerprint density at radius 1 is 0.397 bits per heavy atom. The van der Waals surface area contributed by atoms with Gasteiger partial charge in [-0.15, -0.1) is 0 Å². The van der Waals surface area contributed by atoms with Crippen molar-refractivity contribution in [3.05, 3.63) is 60.7 Å². The molecule has 0 bridgehead atoms. The molecular formula is C48H82O14Si. The van der Waals surface area contributed by atoms with Crippen LogP contribution < -0.4 is 10.4 Å². The van der Waals surface area contributed by atoms with Gasteiger partial charge in [0, 0.05) is 6.42 Å². The number of hydrogen-bond acceptors (Lipinski definition) is 14. The molecule has 0 aromatic heterocycles. The van der Waals surface area contributed by atoms with Gasteiger partial charge in [-0.1, -0.05) is 114 Å². The SMILES string of the molecule is CCCCCCCC(=O)OCCOCCOCCOCCOCCOCCOCCOCCOCCOCCOCCOCCO[Si](c1ccccc1)(c1ccccc1)C(C)(C)C. The van der Waals surface area contributed by atoms with Gasteiger partial charge in [-0.25, -0.2) is 0 Å². The highest BCUT2D eigenvalue weighted by Gasteiger charge is 2.50. The van der Waals surface area contributed by atoms with E-state index >= 15 is 0 Å². The minimum Gasteiger partial charge on any atom is -0.463 e. The summed E-state index contributed by atoms with van der Waals surface area (Å²) >= 11 is 0. The fraction of sp³-hybridized carbons (Fsp3) is 0.729. The van der Waals surface area contributed by atoms with Crippen molar-refractivity contribution >= 4 is 24.7 Å². The van der Waals surface area contributed by atoms with Gasteiger partial charge >= 0.3 is 5.97 Å². The molecule has 0 aliphatic heterocycles. The molecule has 0 aliphatic rings. The zero-order valence-electron chi connectivity index (χ0n) is 39.2. The quantitative estimate of drug-likeness (QED) is 0.0460. The van der Waals surface area contributed by atoms with E-state index in [0.717, 1.165) is 12.8 Å². The summed E-state index contributed by atoms with van der Waals surface area (Å²) in [5.41, 5.74) is 0. The van der Waals surface area contributed by atoms with Gasteiger partial charge in [0.1, 0.15) is 6.61 Å². The Balaban J connectivity index is 1.24.